The predicted octanol–water partition coefficient (Wildman–Crippen LogP) is 0.491. The lowest BCUT2D eigenvalue weighted by Crippen LogP contribution is -2.51. The van der Waals surface area contributed by atoms with Gasteiger partial charge in [-0.05, 0) is 24.3 Å². The minimum Gasteiger partial charge on any atom is -0.364 e. The van der Waals surface area contributed by atoms with Crippen LogP contribution in [0.3, 0.4) is 0 Å². The molecular weight excluding hydrogens is 430 g/mol. The lowest BCUT2D eigenvalue weighted by atomic mass is 9.40. The third-order valence-electron chi connectivity index (χ3n) is 6.39. The minimum absolute atomic E-state index is 0.0527. The zero-order valence-corrected chi connectivity index (χ0v) is 19.3. The summed E-state index contributed by atoms with van der Waals surface area (Å²) in [5.74, 6) is 0.319. The summed E-state index contributed by atoms with van der Waals surface area (Å²) in [4.78, 5) is 34.6. The first-order chi connectivity index (χ1) is 16.2. The average molecular weight is 451 g/mol. The maximum Gasteiger partial charge on any atom is 0.269 e. The monoisotopic (exact) mass is 451 g/mol. The van der Waals surface area contributed by atoms with Crippen molar-refractivity contribution in [1.29, 1.82) is 0 Å². The molecule has 0 aliphatic heterocycles. The molecule has 0 spiro atoms. The highest BCUT2D eigenvalue weighted by Gasteiger charge is 2.43. The Kier molecular flexibility index (Phi) is 5.04. The minimum atomic E-state index is -0.942. The highest BCUT2D eigenvalue weighted by molar-refractivity contribution is 6.45. The summed E-state index contributed by atoms with van der Waals surface area (Å²) in [5, 5.41) is 2.98. The van der Waals surface area contributed by atoms with Gasteiger partial charge in [0.05, 0.1) is 23.0 Å². The second-order valence-electron chi connectivity index (χ2n) is 9.37. The van der Waals surface area contributed by atoms with E-state index in [2.05, 4.69) is 25.3 Å². The number of halogens is 1. The van der Waals surface area contributed by atoms with Crippen LogP contribution in [-0.4, -0.2) is 53.0 Å². The molecule has 5 rings (SSSR count). The van der Waals surface area contributed by atoms with Gasteiger partial charge in [-0.3, -0.25) is 9.36 Å². The second-order valence-corrected chi connectivity index (χ2v) is 9.37. The van der Waals surface area contributed by atoms with Crippen LogP contribution in [0, 0.1) is 5.82 Å². The van der Waals surface area contributed by atoms with Gasteiger partial charge in [-0.25, -0.2) is 24.3 Å². The molecule has 0 amide bonds. The van der Waals surface area contributed by atoms with Crippen LogP contribution in [0.25, 0.3) is 27.8 Å². The van der Waals surface area contributed by atoms with Crippen LogP contribution in [0.1, 0.15) is 12.7 Å². The zero-order chi connectivity index (χ0) is 24.1. The fraction of sp³-hybridized carbons (Fsp3) is 0.136. The predicted molar refractivity (Wildman–Crippen MR) is 138 cm³/mol. The molecule has 8 nitrogen and oxygen atoms in total. The van der Waals surface area contributed by atoms with E-state index in [1.807, 2.05) is 48.7 Å². The second kappa shape index (κ2) is 7.83. The van der Waals surface area contributed by atoms with E-state index in [1.54, 1.807) is 30.6 Å². The van der Waals surface area contributed by atoms with Crippen LogP contribution >= 0.6 is 0 Å². The molecule has 3 heterocycles. The highest BCUT2D eigenvalue weighted by atomic mass is 19.1. The Balaban J connectivity index is 1.86. The van der Waals surface area contributed by atoms with Gasteiger partial charge in [0.1, 0.15) is 52.4 Å². The number of aromatic nitrogens is 6. The van der Waals surface area contributed by atoms with E-state index in [1.165, 1.54) is 17.0 Å². The highest BCUT2D eigenvalue weighted by Crippen LogP contribution is 2.41. The van der Waals surface area contributed by atoms with Crippen molar-refractivity contribution < 1.29 is 4.39 Å². The molecule has 166 valence electrons. The number of rotatable bonds is 5. The molecule has 1 atom stereocenters. The molecule has 34 heavy (non-hydrogen) atoms. The van der Waals surface area contributed by atoms with Gasteiger partial charge in [0.25, 0.3) is 5.56 Å². The number of fused-ring (bicyclic) bond motifs is 2. The van der Waals surface area contributed by atoms with Crippen molar-refractivity contribution in [3.05, 3.63) is 83.2 Å². The summed E-state index contributed by atoms with van der Waals surface area (Å²) in [5.41, 5.74) is 0.611. The fourth-order valence-corrected chi connectivity index (χ4v) is 4.01. The summed E-state index contributed by atoms with van der Waals surface area (Å²) in [6, 6.07) is 13.6. The lowest BCUT2D eigenvalue weighted by Gasteiger charge is -2.44. The molecule has 2 N–H and O–H groups in total. The Hall–Kier alpha value is -3.95. The Labute approximate surface area is 197 Å². The molecular formula is C22H21B3FN7O. The van der Waals surface area contributed by atoms with E-state index in [0.717, 1.165) is 0 Å². The molecule has 0 unspecified atom stereocenters. The fourth-order valence-electron chi connectivity index (χ4n) is 4.01. The van der Waals surface area contributed by atoms with Crippen LogP contribution in [0.15, 0.2) is 66.0 Å². The molecule has 2 aromatic carbocycles. The SMILES string of the molecule is BC(B)(C)[C@](B)(Nc1ncnc2[nH]cnc12)c1nc2cccc(F)c2c(=O)n1-c1ccccc1. The Morgan fingerprint density at radius 1 is 1.03 bits per heavy atom. The maximum atomic E-state index is 14.8. The zero-order valence-electron chi connectivity index (χ0n) is 19.3. The average Bonchev–Trinajstić information content (AvgIpc) is 3.28. The van der Waals surface area contributed by atoms with Crippen molar-refractivity contribution in [3.63, 3.8) is 0 Å². The summed E-state index contributed by atoms with van der Waals surface area (Å²) >= 11 is 0. The molecule has 3 aromatic heterocycles. The van der Waals surface area contributed by atoms with E-state index in [4.69, 9.17) is 4.98 Å². The Morgan fingerprint density at radius 2 is 1.79 bits per heavy atom. The summed E-state index contributed by atoms with van der Waals surface area (Å²) in [6.07, 6.45) is 3.00. The molecule has 12 heteroatoms. The number of nitrogens with one attached hydrogen (secondary N) is 2. The third-order valence-corrected chi connectivity index (χ3v) is 6.39. The number of aromatic amines is 1. The van der Waals surface area contributed by atoms with E-state index < -0.39 is 22.0 Å². The molecule has 0 fully saturated rings. The largest absolute Gasteiger partial charge is 0.364 e. The van der Waals surface area contributed by atoms with Gasteiger partial charge in [-0.1, -0.05) is 36.4 Å². The first-order valence-corrected chi connectivity index (χ1v) is 10.9. The quantitative estimate of drug-likeness (QED) is 0.378. The maximum absolute atomic E-state index is 14.8. The van der Waals surface area contributed by atoms with Crippen LogP contribution < -0.4 is 10.9 Å². The van der Waals surface area contributed by atoms with Crippen LogP contribution in [0.2, 0.25) is 5.21 Å². The van der Waals surface area contributed by atoms with Crippen molar-refractivity contribution in [2.24, 2.45) is 0 Å². The van der Waals surface area contributed by atoms with Crippen LogP contribution in [-0.2, 0) is 5.44 Å². The standard InChI is InChI=1S/C22H21B3FN7O/c1-21(23,24)22(25,32-18-16-17(28-10-27-16)29-11-30-18)20-31-14-9-5-8-13(26)15(14)19(34)33(20)12-6-3-2-4-7-12/h2-11H,23-25H2,1H3,(H2,27,28,29,30,32)/t22-/m1/s1. The van der Waals surface area contributed by atoms with Crippen LogP contribution in [0.5, 0.6) is 0 Å². The van der Waals surface area contributed by atoms with Gasteiger partial charge in [0.15, 0.2) is 11.5 Å². The molecule has 0 saturated heterocycles. The van der Waals surface area contributed by atoms with Gasteiger partial charge in [0, 0.05) is 0 Å². The van der Waals surface area contributed by atoms with E-state index in [9.17, 15) is 9.18 Å². The van der Waals surface area contributed by atoms with Crippen molar-refractivity contribution in [2.45, 2.75) is 17.6 Å². The van der Waals surface area contributed by atoms with Gasteiger partial charge in [-0.15, -0.1) is 0 Å². The third kappa shape index (κ3) is 3.37. The summed E-state index contributed by atoms with van der Waals surface area (Å²) in [6.45, 7) is 2.04. The number of nitrogens with zero attached hydrogens (tertiary/aromatic N) is 5. The van der Waals surface area contributed by atoms with E-state index in [0.29, 0.717) is 28.5 Å². The topological polar surface area (TPSA) is 101 Å². The van der Waals surface area contributed by atoms with Crippen molar-refractivity contribution in [1.82, 2.24) is 29.5 Å². The Morgan fingerprint density at radius 3 is 2.53 bits per heavy atom. The van der Waals surface area contributed by atoms with E-state index >= 15 is 0 Å². The smallest absolute Gasteiger partial charge is 0.269 e. The molecule has 5 aromatic rings. The molecule has 0 bridgehead atoms. The lowest BCUT2D eigenvalue weighted by molar-refractivity contribution is 0.551. The van der Waals surface area contributed by atoms with Crippen molar-refractivity contribution >= 4 is 51.4 Å². The number of hydrogen-bond donors (Lipinski definition) is 2. The van der Waals surface area contributed by atoms with Gasteiger partial charge in [0.2, 0.25) is 0 Å². The molecule has 0 aliphatic carbocycles. The van der Waals surface area contributed by atoms with Crippen LogP contribution in [0.4, 0.5) is 10.2 Å². The number of imidazole rings is 1. The normalized spacial score (nSPS) is 13.7. The molecule has 0 aliphatic rings. The summed E-state index contributed by atoms with van der Waals surface area (Å²) < 4.78 is 16.3. The number of H-pyrrole nitrogens is 1. The molecule has 0 radical (unpaired) electrons. The Bertz CT molecular complexity index is 1580. The first kappa shape index (κ1) is 21.9. The van der Waals surface area contributed by atoms with Crippen molar-refractivity contribution in [3.8, 4) is 5.69 Å². The number of benzene rings is 2. The summed E-state index contributed by atoms with van der Waals surface area (Å²) in [7, 11) is 6.04. The first-order valence-electron chi connectivity index (χ1n) is 10.9. The number of para-hydroxylation sites is 1. The van der Waals surface area contributed by atoms with Gasteiger partial charge < -0.3 is 10.3 Å². The van der Waals surface area contributed by atoms with Crippen molar-refractivity contribution in [2.75, 3.05) is 5.32 Å². The molecule has 0 saturated carbocycles. The number of hydrogen-bond acceptors (Lipinski definition) is 6. The van der Waals surface area contributed by atoms with Gasteiger partial charge in [-0.2, -0.15) is 0 Å². The number of anilines is 1. The van der Waals surface area contributed by atoms with Gasteiger partial charge >= 0.3 is 0 Å². The van der Waals surface area contributed by atoms with E-state index in [-0.39, 0.29) is 10.9 Å².